The number of ether oxygens (including phenoxy) is 2. The predicted molar refractivity (Wildman–Crippen MR) is 150 cm³/mol. The van der Waals surface area contributed by atoms with E-state index in [1.165, 1.54) is 11.3 Å². The van der Waals surface area contributed by atoms with Gasteiger partial charge in [-0.15, -0.1) is 0 Å². The molecule has 1 N–H and O–H groups in total. The van der Waals surface area contributed by atoms with E-state index in [0.29, 0.717) is 32.0 Å². The van der Waals surface area contributed by atoms with Gasteiger partial charge in [0.25, 0.3) is 11.5 Å². The van der Waals surface area contributed by atoms with Gasteiger partial charge in [-0.05, 0) is 66.9 Å². The third-order valence-corrected chi connectivity index (χ3v) is 7.44. The van der Waals surface area contributed by atoms with Gasteiger partial charge < -0.3 is 14.8 Å². The first kappa shape index (κ1) is 25.2. The van der Waals surface area contributed by atoms with Crippen LogP contribution in [0.3, 0.4) is 0 Å². The average Bonchev–Trinajstić information content (AvgIpc) is 3.23. The first-order valence-corrected chi connectivity index (χ1v) is 12.9. The number of aryl methyl sites for hydroxylation is 1. The summed E-state index contributed by atoms with van der Waals surface area (Å²) in [5.74, 6) is 1.12. The minimum absolute atomic E-state index is 0.216. The molecule has 0 fully saturated rings. The van der Waals surface area contributed by atoms with Gasteiger partial charge in [-0.25, -0.2) is 4.99 Å². The lowest BCUT2D eigenvalue weighted by atomic mass is 9.95. The number of methoxy groups -OCH3 is 2. The van der Waals surface area contributed by atoms with Crippen molar-refractivity contribution in [3.63, 3.8) is 0 Å². The smallest absolute Gasteiger partial charge is 0.271 e. The van der Waals surface area contributed by atoms with Crippen molar-refractivity contribution in [2.24, 2.45) is 4.99 Å². The number of fused-ring (bicyclic) bond motifs is 1. The van der Waals surface area contributed by atoms with E-state index in [2.05, 4.69) is 5.32 Å². The van der Waals surface area contributed by atoms with E-state index in [4.69, 9.17) is 14.5 Å². The van der Waals surface area contributed by atoms with Crippen LogP contribution in [0.5, 0.6) is 11.5 Å². The first-order valence-electron chi connectivity index (χ1n) is 12.1. The lowest BCUT2D eigenvalue weighted by molar-refractivity contribution is -0.113. The maximum atomic E-state index is 13.9. The fourth-order valence-electron chi connectivity index (χ4n) is 4.51. The van der Waals surface area contributed by atoms with Gasteiger partial charge in [-0.2, -0.15) is 0 Å². The van der Waals surface area contributed by atoms with Gasteiger partial charge in [-0.1, -0.05) is 53.8 Å². The standard InChI is InChI=1S/C30H27N3O4S/c1-18-10-11-20(16-24(18)37-4)17-25-29(35)33-27(21-12-14-23(36-3)15-13-21)26(19(2)31-30(33)38-25)28(34)32-22-8-6-5-7-9-22/h5-17,27H,1-4H3,(H,32,34)/b25-17+/t27-/m1/s1. The van der Waals surface area contributed by atoms with E-state index in [0.717, 1.165) is 22.4 Å². The Morgan fingerprint density at radius 1 is 1.00 bits per heavy atom. The summed E-state index contributed by atoms with van der Waals surface area (Å²) < 4.78 is 12.9. The van der Waals surface area contributed by atoms with E-state index in [9.17, 15) is 9.59 Å². The van der Waals surface area contributed by atoms with Gasteiger partial charge >= 0.3 is 0 Å². The molecule has 0 unspecified atom stereocenters. The molecule has 0 saturated carbocycles. The molecular weight excluding hydrogens is 498 g/mol. The number of carbonyl (C=O) groups excluding carboxylic acids is 1. The van der Waals surface area contributed by atoms with Gasteiger partial charge in [0.05, 0.1) is 36.1 Å². The Hall–Kier alpha value is -4.43. The van der Waals surface area contributed by atoms with Crippen molar-refractivity contribution in [2.75, 3.05) is 19.5 Å². The average molecular weight is 526 g/mol. The highest BCUT2D eigenvalue weighted by atomic mass is 32.1. The van der Waals surface area contributed by atoms with Gasteiger partial charge in [0.2, 0.25) is 0 Å². The summed E-state index contributed by atoms with van der Waals surface area (Å²) in [6, 6.07) is 21.8. The number of rotatable bonds is 6. The molecule has 4 aromatic rings. The van der Waals surface area contributed by atoms with Gasteiger partial charge in [-0.3, -0.25) is 14.2 Å². The molecule has 1 amide bonds. The summed E-state index contributed by atoms with van der Waals surface area (Å²) in [6.07, 6.45) is 1.83. The van der Waals surface area contributed by atoms with Crippen LogP contribution < -0.4 is 29.7 Å². The Bertz CT molecular complexity index is 1720. The maximum absolute atomic E-state index is 13.9. The van der Waals surface area contributed by atoms with E-state index in [1.54, 1.807) is 25.7 Å². The second-order valence-corrected chi connectivity index (χ2v) is 9.91. The highest BCUT2D eigenvalue weighted by Crippen LogP contribution is 2.31. The van der Waals surface area contributed by atoms with Crippen LogP contribution in [0.25, 0.3) is 6.08 Å². The third-order valence-electron chi connectivity index (χ3n) is 6.46. The highest BCUT2D eigenvalue weighted by molar-refractivity contribution is 7.07. The molecule has 38 heavy (non-hydrogen) atoms. The molecule has 5 rings (SSSR count). The molecule has 0 bridgehead atoms. The number of thiazole rings is 1. The van der Waals surface area contributed by atoms with Crippen LogP contribution in [0.1, 0.15) is 29.7 Å². The van der Waals surface area contributed by atoms with Gasteiger partial charge in [0.1, 0.15) is 11.5 Å². The molecule has 1 aromatic heterocycles. The summed E-state index contributed by atoms with van der Waals surface area (Å²) >= 11 is 1.30. The zero-order valence-corrected chi connectivity index (χ0v) is 22.3. The number of nitrogens with zero attached hydrogens (tertiary/aromatic N) is 2. The largest absolute Gasteiger partial charge is 0.497 e. The fourth-order valence-corrected chi connectivity index (χ4v) is 5.56. The molecule has 3 aromatic carbocycles. The fraction of sp³-hybridized carbons (Fsp3) is 0.167. The van der Waals surface area contributed by atoms with Crippen LogP contribution in [0, 0.1) is 6.92 Å². The molecule has 0 spiro atoms. The quantitative estimate of drug-likeness (QED) is 0.409. The number of hydrogen-bond donors (Lipinski definition) is 1. The predicted octanol–water partition coefficient (Wildman–Crippen LogP) is 4.20. The Morgan fingerprint density at radius 2 is 1.74 bits per heavy atom. The van der Waals surface area contributed by atoms with Crippen molar-refractivity contribution in [1.82, 2.24) is 4.57 Å². The van der Waals surface area contributed by atoms with Crippen LogP contribution in [-0.2, 0) is 4.79 Å². The molecule has 1 aliphatic heterocycles. The van der Waals surface area contributed by atoms with Crippen LogP contribution in [0.4, 0.5) is 5.69 Å². The lowest BCUT2D eigenvalue weighted by Gasteiger charge is -2.25. The normalized spacial score (nSPS) is 15.1. The van der Waals surface area contributed by atoms with Crippen LogP contribution in [0.2, 0.25) is 0 Å². The number of para-hydroxylation sites is 1. The minimum Gasteiger partial charge on any atom is -0.497 e. The molecule has 7 nitrogen and oxygen atoms in total. The summed E-state index contributed by atoms with van der Waals surface area (Å²) in [4.78, 5) is 32.7. The van der Waals surface area contributed by atoms with Crippen molar-refractivity contribution in [3.8, 4) is 11.5 Å². The van der Waals surface area contributed by atoms with E-state index < -0.39 is 6.04 Å². The van der Waals surface area contributed by atoms with Crippen molar-refractivity contribution < 1.29 is 14.3 Å². The van der Waals surface area contributed by atoms with Crippen molar-refractivity contribution >= 4 is 29.0 Å². The third kappa shape index (κ3) is 4.78. The molecule has 2 heterocycles. The SMILES string of the molecule is COc1ccc([C@@H]2C(C(=O)Nc3ccccc3)=C(C)N=c3s/c(=C/c4ccc(C)c(OC)c4)c(=O)n32)cc1. The van der Waals surface area contributed by atoms with Crippen molar-refractivity contribution in [1.29, 1.82) is 0 Å². The number of allylic oxidation sites excluding steroid dienone is 1. The topological polar surface area (TPSA) is 81.9 Å². The van der Waals surface area contributed by atoms with Crippen molar-refractivity contribution in [3.05, 3.63) is 120 Å². The number of anilines is 1. The van der Waals surface area contributed by atoms with Crippen molar-refractivity contribution in [2.45, 2.75) is 19.9 Å². The number of aromatic nitrogens is 1. The number of carbonyl (C=O) groups is 1. The summed E-state index contributed by atoms with van der Waals surface area (Å²) in [5.41, 5.74) is 4.05. The Kier molecular flexibility index (Phi) is 6.98. The second kappa shape index (κ2) is 10.5. The van der Waals surface area contributed by atoms with Crippen LogP contribution in [0.15, 0.2) is 93.9 Å². The molecule has 8 heteroatoms. The zero-order chi connectivity index (χ0) is 26.8. The summed E-state index contributed by atoms with van der Waals surface area (Å²) in [5, 5.41) is 2.96. The highest BCUT2D eigenvalue weighted by Gasteiger charge is 2.32. The number of benzene rings is 3. The molecule has 192 valence electrons. The molecular formula is C30H27N3O4S. The van der Waals surface area contributed by atoms with E-state index in [1.807, 2.05) is 85.8 Å². The summed E-state index contributed by atoms with van der Waals surface area (Å²) in [6.45, 7) is 3.77. The summed E-state index contributed by atoms with van der Waals surface area (Å²) in [7, 11) is 3.22. The minimum atomic E-state index is -0.657. The number of hydrogen-bond acceptors (Lipinski definition) is 6. The molecule has 1 atom stereocenters. The molecule has 0 aliphatic carbocycles. The Balaban J connectivity index is 1.67. The van der Waals surface area contributed by atoms with Gasteiger partial charge in [0, 0.05) is 5.69 Å². The Labute approximate surface area is 224 Å². The number of amides is 1. The molecule has 0 radical (unpaired) electrons. The number of nitrogens with one attached hydrogen (secondary N) is 1. The molecule has 1 aliphatic rings. The monoisotopic (exact) mass is 525 g/mol. The lowest BCUT2D eigenvalue weighted by Crippen LogP contribution is -2.40. The first-order chi connectivity index (χ1) is 18.4. The second-order valence-electron chi connectivity index (χ2n) is 8.90. The van der Waals surface area contributed by atoms with E-state index >= 15 is 0 Å². The van der Waals surface area contributed by atoms with E-state index in [-0.39, 0.29) is 11.5 Å². The Morgan fingerprint density at radius 3 is 2.42 bits per heavy atom. The maximum Gasteiger partial charge on any atom is 0.271 e. The molecule has 0 saturated heterocycles. The van der Waals surface area contributed by atoms with Crippen LogP contribution >= 0.6 is 11.3 Å². The van der Waals surface area contributed by atoms with Crippen LogP contribution in [-0.4, -0.2) is 24.7 Å². The van der Waals surface area contributed by atoms with Gasteiger partial charge in [0.15, 0.2) is 4.80 Å². The zero-order valence-electron chi connectivity index (χ0n) is 21.5.